The van der Waals surface area contributed by atoms with E-state index in [1.54, 1.807) is 17.3 Å². The molecule has 2 saturated heterocycles. The predicted molar refractivity (Wildman–Crippen MR) is 114 cm³/mol. The number of nitrogens with zero attached hydrogens (tertiary/aromatic N) is 4. The van der Waals surface area contributed by atoms with E-state index in [0.29, 0.717) is 17.0 Å². The standard InChI is InChI=1S/C22H22N4O2S/c23-11-20(29-8-4-5-9-29)21(27)19-14-26(17-12-24-15-25-13-17)22(28)18(19)10-16-6-2-1-3-7-16/h1-3,6-7,12-13,15,18-19H,4-5,8-10,14H2/t18-,19+/m1/s1. The maximum atomic E-state index is 13.4. The molecule has 2 aliphatic heterocycles. The SMILES string of the molecule is N#CC(C(=O)[C@H]1CN(c2cncnc2)C(=O)[C@@H]1Cc1ccccc1)=S1CCCC1. The highest BCUT2D eigenvalue weighted by Gasteiger charge is 2.46. The first kappa shape index (κ1) is 19.5. The molecule has 0 radical (unpaired) electrons. The molecule has 0 unspecified atom stereocenters. The van der Waals surface area contributed by atoms with Crippen LogP contribution in [-0.4, -0.2) is 44.6 Å². The number of benzene rings is 1. The number of amides is 1. The van der Waals surface area contributed by atoms with Crippen molar-refractivity contribution in [3.63, 3.8) is 0 Å². The lowest BCUT2D eigenvalue weighted by Gasteiger charge is -2.16. The molecule has 2 aliphatic rings. The number of Topliss-reactive ketones (excluding diaryl/α,β-unsaturated/α-hetero) is 1. The molecule has 0 spiro atoms. The van der Waals surface area contributed by atoms with Crippen LogP contribution in [0.1, 0.15) is 18.4 Å². The summed E-state index contributed by atoms with van der Waals surface area (Å²) in [5.74, 6) is 0.565. The van der Waals surface area contributed by atoms with Crippen LogP contribution in [0.25, 0.3) is 0 Å². The highest BCUT2D eigenvalue weighted by molar-refractivity contribution is 8.17. The number of carbonyl (C=O) groups excluding carboxylic acids is 2. The second kappa shape index (κ2) is 8.66. The van der Waals surface area contributed by atoms with Crippen molar-refractivity contribution >= 4 is 32.7 Å². The molecule has 1 amide bonds. The molecule has 3 heterocycles. The average molecular weight is 407 g/mol. The summed E-state index contributed by atoms with van der Waals surface area (Å²) < 4.78 is 0. The van der Waals surface area contributed by atoms with Gasteiger partial charge in [-0.05, 0) is 36.3 Å². The van der Waals surface area contributed by atoms with E-state index in [-0.39, 0.29) is 28.7 Å². The summed E-state index contributed by atoms with van der Waals surface area (Å²) >= 11 is 0. The zero-order chi connectivity index (χ0) is 20.2. The number of hydrogen-bond donors (Lipinski definition) is 0. The van der Waals surface area contributed by atoms with Crippen LogP contribution >= 0.6 is 10.5 Å². The van der Waals surface area contributed by atoms with Crippen molar-refractivity contribution in [2.24, 2.45) is 11.8 Å². The largest absolute Gasteiger partial charge is 0.308 e. The van der Waals surface area contributed by atoms with Crippen molar-refractivity contribution in [2.45, 2.75) is 19.3 Å². The molecule has 148 valence electrons. The number of hydrogen-bond acceptors (Lipinski definition) is 5. The molecule has 6 nitrogen and oxygen atoms in total. The zero-order valence-electron chi connectivity index (χ0n) is 16.0. The average Bonchev–Trinajstić information content (AvgIpc) is 3.39. The molecule has 2 aromatic rings. The molecule has 0 N–H and O–H groups in total. The second-order valence-electron chi connectivity index (χ2n) is 7.36. The van der Waals surface area contributed by atoms with Gasteiger partial charge < -0.3 is 4.90 Å². The van der Waals surface area contributed by atoms with E-state index in [2.05, 4.69) is 16.0 Å². The Kier molecular flexibility index (Phi) is 5.81. The van der Waals surface area contributed by atoms with E-state index < -0.39 is 11.8 Å². The van der Waals surface area contributed by atoms with Crippen molar-refractivity contribution < 1.29 is 9.59 Å². The smallest absolute Gasteiger partial charge is 0.231 e. The Morgan fingerprint density at radius 2 is 1.86 bits per heavy atom. The summed E-state index contributed by atoms with van der Waals surface area (Å²) in [6, 6.07) is 11.9. The van der Waals surface area contributed by atoms with Crippen molar-refractivity contribution in [1.29, 1.82) is 5.26 Å². The van der Waals surface area contributed by atoms with Gasteiger partial charge in [0.1, 0.15) is 17.3 Å². The Labute approximate surface area is 172 Å². The number of nitriles is 1. The number of rotatable bonds is 5. The van der Waals surface area contributed by atoms with Gasteiger partial charge in [0.05, 0.1) is 29.9 Å². The number of anilines is 1. The third kappa shape index (κ3) is 3.99. The summed E-state index contributed by atoms with van der Waals surface area (Å²) in [4.78, 5) is 36.7. The lowest BCUT2D eigenvalue weighted by Crippen LogP contribution is -2.31. The van der Waals surface area contributed by atoms with E-state index in [1.807, 2.05) is 30.3 Å². The lowest BCUT2D eigenvalue weighted by molar-refractivity contribution is -0.124. The van der Waals surface area contributed by atoms with E-state index in [1.165, 1.54) is 6.33 Å². The van der Waals surface area contributed by atoms with Gasteiger partial charge in [-0.1, -0.05) is 30.3 Å². The molecule has 4 rings (SSSR count). The third-order valence-corrected chi connectivity index (χ3v) is 8.02. The molecule has 29 heavy (non-hydrogen) atoms. The Balaban J connectivity index is 1.68. The monoisotopic (exact) mass is 406 g/mol. The minimum absolute atomic E-state index is 0.103. The molecule has 7 heteroatoms. The van der Waals surface area contributed by atoms with Gasteiger partial charge in [-0.15, -0.1) is 0 Å². The Hall–Kier alpha value is -2.85. The normalized spacial score (nSPS) is 21.9. The van der Waals surface area contributed by atoms with E-state index in [9.17, 15) is 14.9 Å². The van der Waals surface area contributed by atoms with E-state index in [4.69, 9.17) is 0 Å². The summed E-state index contributed by atoms with van der Waals surface area (Å²) in [7, 11) is -0.268. The summed E-state index contributed by atoms with van der Waals surface area (Å²) in [5, 5.41) is 9.72. The highest BCUT2D eigenvalue weighted by Crippen LogP contribution is 2.35. The van der Waals surface area contributed by atoms with Gasteiger partial charge in [0.15, 0.2) is 5.78 Å². The van der Waals surface area contributed by atoms with Crippen LogP contribution in [0, 0.1) is 23.2 Å². The summed E-state index contributed by atoms with van der Waals surface area (Å²) in [6.45, 7) is 0.269. The fourth-order valence-electron chi connectivity index (χ4n) is 4.10. The summed E-state index contributed by atoms with van der Waals surface area (Å²) in [6.07, 6.45) is 7.19. The van der Waals surface area contributed by atoms with E-state index >= 15 is 0 Å². The van der Waals surface area contributed by atoms with Gasteiger partial charge in [0.25, 0.3) is 0 Å². The molecular weight excluding hydrogens is 384 g/mol. The molecule has 0 bridgehead atoms. The molecule has 1 aromatic heterocycles. The minimum atomic E-state index is -0.523. The molecule has 0 saturated carbocycles. The van der Waals surface area contributed by atoms with Gasteiger partial charge in [-0.2, -0.15) is 15.7 Å². The Morgan fingerprint density at radius 1 is 1.17 bits per heavy atom. The van der Waals surface area contributed by atoms with Crippen LogP contribution < -0.4 is 4.90 Å². The Morgan fingerprint density at radius 3 is 2.52 bits per heavy atom. The molecular formula is C22H22N4O2S. The van der Waals surface area contributed by atoms with Crippen LogP contribution in [0.2, 0.25) is 0 Å². The van der Waals surface area contributed by atoms with Crippen molar-refractivity contribution in [1.82, 2.24) is 9.97 Å². The second-order valence-corrected chi connectivity index (χ2v) is 9.57. The fraction of sp³-hybridized carbons (Fsp3) is 0.364. The van der Waals surface area contributed by atoms with Crippen LogP contribution in [0.3, 0.4) is 0 Å². The first-order chi connectivity index (χ1) is 14.2. The first-order valence-corrected chi connectivity index (χ1v) is 11.3. The van der Waals surface area contributed by atoms with Crippen molar-refractivity contribution in [3.8, 4) is 6.07 Å². The maximum absolute atomic E-state index is 13.4. The minimum Gasteiger partial charge on any atom is -0.308 e. The fourth-order valence-corrected chi connectivity index (χ4v) is 6.38. The van der Waals surface area contributed by atoms with Gasteiger partial charge in [0.2, 0.25) is 5.91 Å². The van der Waals surface area contributed by atoms with Crippen LogP contribution in [0.5, 0.6) is 0 Å². The molecule has 1 aromatic carbocycles. The quantitative estimate of drug-likeness (QED) is 0.713. The third-order valence-electron chi connectivity index (χ3n) is 5.59. The molecule has 0 aliphatic carbocycles. The van der Waals surface area contributed by atoms with Crippen molar-refractivity contribution in [2.75, 3.05) is 23.0 Å². The van der Waals surface area contributed by atoms with Crippen LogP contribution in [0.4, 0.5) is 5.69 Å². The highest BCUT2D eigenvalue weighted by atomic mass is 32.2. The Bertz CT molecular complexity index is 977. The van der Waals surface area contributed by atoms with Gasteiger partial charge in [-0.25, -0.2) is 9.97 Å². The van der Waals surface area contributed by atoms with Gasteiger partial charge in [0, 0.05) is 6.54 Å². The number of carbonyl (C=O) groups is 2. The van der Waals surface area contributed by atoms with Crippen LogP contribution in [0.15, 0.2) is 49.1 Å². The number of ketones is 1. The topological polar surface area (TPSA) is 86.9 Å². The van der Waals surface area contributed by atoms with Crippen molar-refractivity contribution in [3.05, 3.63) is 54.6 Å². The maximum Gasteiger partial charge on any atom is 0.231 e. The first-order valence-electron chi connectivity index (χ1n) is 9.78. The molecule has 2 atom stereocenters. The van der Waals surface area contributed by atoms with Gasteiger partial charge in [-0.3, -0.25) is 9.59 Å². The lowest BCUT2D eigenvalue weighted by atomic mass is 9.85. The number of aromatic nitrogens is 2. The summed E-state index contributed by atoms with van der Waals surface area (Å²) in [5.41, 5.74) is 1.60. The molecule has 2 fully saturated rings. The van der Waals surface area contributed by atoms with E-state index in [0.717, 1.165) is 29.9 Å². The van der Waals surface area contributed by atoms with Crippen LogP contribution in [-0.2, 0) is 16.0 Å². The zero-order valence-corrected chi connectivity index (χ0v) is 16.8. The predicted octanol–water partition coefficient (Wildman–Crippen LogP) is 2.63. The van der Waals surface area contributed by atoms with Gasteiger partial charge >= 0.3 is 0 Å².